The first kappa shape index (κ1) is 19.1. The molecule has 0 fully saturated rings. The van der Waals surface area contributed by atoms with Gasteiger partial charge >= 0.3 is 0 Å². The molecule has 0 unspecified atom stereocenters. The summed E-state index contributed by atoms with van der Waals surface area (Å²) >= 11 is 0. The highest BCUT2D eigenvalue weighted by Crippen LogP contribution is 2.30. The standard InChI is InChI=1S/C19H20N6O3S/c1-4-29(26,27)25(17-7-5-6-14-11-21-24(3)18(14)17)12-16-9-8-15(10-20-16)19-23-22-13(2)28-19/h5-11H,4,12H2,1-3H3. The molecule has 3 heterocycles. The van der Waals surface area contributed by atoms with Crippen LogP contribution in [0.4, 0.5) is 5.69 Å². The molecule has 0 saturated heterocycles. The number of rotatable bonds is 6. The van der Waals surface area contributed by atoms with Crippen LogP contribution >= 0.6 is 0 Å². The average molecular weight is 412 g/mol. The molecule has 0 amide bonds. The number of hydrogen-bond acceptors (Lipinski definition) is 7. The first-order valence-corrected chi connectivity index (χ1v) is 10.7. The predicted molar refractivity (Wildman–Crippen MR) is 109 cm³/mol. The molecule has 0 atom stereocenters. The van der Waals surface area contributed by atoms with E-state index in [9.17, 15) is 8.42 Å². The van der Waals surface area contributed by atoms with E-state index in [-0.39, 0.29) is 12.3 Å². The molecule has 0 aliphatic heterocycles. The minimum Gasteiger partial charge on any atom is -0.421 e. The first-order chi connectivity index (χ1) is 13.9. The Bertz CT molecular complexity index is 1260. The van der Waals surface area contributed by atoms with Crippen molar-refractivity contribution in [3.05, 3.63) is 54.3 Å². The second-order valence-corrected chi connectivity index (χ2v) is 8.74. The Hall–Kier alpha value is -3.27. The van der Waals surface area contributed by atoms with Crippen LogP contribution in [0.5, 0.6) is 0 Å². The second-order valence-electron chi connectivity index (χ2n) is 6.55. The summed E-state index contributed by atoms with van der Waals surface area (Å²) in [6, 6.07) is 9.06. The van der Waals surface area contributed by atoms with Crippen LogP contribution in [-0.4, -0.2) is 39.1 Å². The Kier molecular flexibility index (Phi) is 4.79. The van der Waals surface area contributed by atoms with E-state index in [1.54, 1.807) is 56.2 Å². The van der Waals surface area contributed by atoms with Crippen molar-refractivity contribution >= 4 is 26.6 Å². The van der Waals surface area contributed by atoms with Crippen molar-refractivity contribution in [1.29, 1.82) is 0 Å². The summed E-state index contributed by atoms with van der Waals surface area (Å²) in [6.07, 6.45) is 3.32. The Morgan fingerprint density at radius 2 is 1.97 bits per heavy atom. The molecule has 1 aromatic carbocycles. The lowest BCUT2D eigenvalue weighted by Crippen LogP contribution is -2.32. The van der Waals surface area contributed by atoms with Gasteiger partial charge in [-0.1, -0.05) is 12.1 Å². The van der Waals surface area contributed by atoms with E-state index in [1.807, 2.05) is 12.1 Å². The molecule has 0 N–H and O–H groups in total. The summed E-state index contributed by atoms with van der Waals surface area (Å²) in [5.74, 6) is 0.813. The van der Waals surface area contributed by atoms with Gasteiger partial charge in [0.2, 0.25) is 21.8 Å². The fourth-order valence-corrected chi connectivity index (χ4v) is 4.19. The van der Waals surface area contributed by atoms with Crippen molar-refractivity contribution in [1.82, 2.24) is 25.0 Å². The number of benzene rings is 1. The molecule has 0 spiro atoms. The highest BCUT2D eigenvalue weighted by molar-refractivity contribution is 7.92. The van der Waals surface area contributed by atoms with Crippen LogP contribution in [0.15, 0.2) is 47.1 Å². The number of hydrogen-bond donors (Lipinski definition) is 0. The zero-order valence-electron chi connectivity index (χ0n) is 16.3. The molecule has 9 nitrogen and oxygen atoms in total. The Morgan fingerprint density at radius 1 is 1.14 bits per heavy atom. The van der Waals surface area contributed by atoms with Crippen LogP contribution in [0.3, 0.4) is 0 Å². The Balaban J connectivity index is 1.73. The summed E-state index contributed by atoms with van der Waals surface area (Å²) < 4.78 is 34.3. The van der Waals surface area contributed by atoms with E-state index < -0.39 is 10.0 Å². The molecular formula is C19H20N6O3S. The molecule has 150 valence electrons. The van der Waals surface area contributed by atoms with Gasteiger partial charge in [0.25, 0.3) is 0 Å². The number of aryl methyl sites for hydroxylation is 2. The van der Waals surface area contributed by atoms with Gasteiger partial charge in [-0.3, -0.25) is 14.0 Å². The Labute approximate surface area is 168 Å². The monoisotopic (exact) mass is 412 g/mol. The van der Waals surface area contributed by atoms with Crippen LogP contribution in [0, 0.1) is 6.92 Å². The number of sulfonamides is 1. The highest BCUT2D eigenvalue weighted by Gasteiger charge is 2.24. The zero-order valence-corrected chi connectivity index (χ0v) is 17.1. The van der Waals surface area contributed by atoms with Gasteiger partial charge in [0.1, 0.15) is 0 Å². The number of aromatic nitrogens is 5. The van der Waals surface area contributed by atoms with E-state index in [1.165, 1.54) is 4.31 Å². The summed E-state index contributed by atoms with van der Waals surface area (Å²) in [5.41, 5.74) is 2.60. The van der Waals surface area contributed by atoms with Crippen LogP contribution in [-0.2, 0) is 23.6 Å². The number of para-hydroxylation sites is 1. The van der Waals surface area contributed by atoms with Gasteiger partial charge < -0.3 is 4.42 Å². The molecular weight excluding hydrogens is 392 g/mol. The smallest absolute Gasteiger partial charge is 0.249 e. The third-order valence-corrected chi connectivity index (χ3v) is 6.34. The third kappa shape index (κ3) is 3.58. The number of anilines is 1. The average Bonchev–Trinajstić information content (AvgIpc) is 3.32. The maximum atomic E-state index is 12.9. The van der Waals surface area contributed by atoms with Crippen LogP contribution < -0.4 is 4.31 Å². The van der Waals surface area contributed by atoms with E-state index in [0.29, 0.717) is 28.7 Å². The van der Waals surface area contributed by atoms with Gasteiger partial charge in [0, 0.05) is 25.6 Å². The van der Waals surface area contributed by atoms with E-state index >= 15 is 0 Å². The van der Waals surface area contributed by atoms with Crippen molar-refractivity contribution in [2.75, 3.05) is 10.1 Å². The maximum absolute atomic E-state index is 12.9. The van der Waals surface area contributed by atoms with E-state index in [2.05, 4.69) is 20.3 Å². The lowest BCUT2D eigenvalue weighted by molar-refractivity contribution is 0.532. The molecule has 29 heavy (non-hydrogen) atoms. The summed E-state index contributed by atoms with van der Waals surface area (Å²) in [6.45, 7) is 3.44. The quantitative estimate of drug-likeness (QED) is 0.479. The zero-order chi connectivity index (χ0) is 20.6. The van der Waals surface area contributed by atoms with Crippen molar-refractivity contribution in [2.45, 2.75) is 20.4 Å². The minimum absolute atomic E-state index is 0.0272. The van der Waals surface area contributed by atoms with Crippen molar-refractivity contribution < 1.29 is 12.8 Å². The van der Waals surface area contributed by atoms with Crippen LogP contribution in [0.25, 0.3) is 22.4 Å². The summed E-state index contributed by atoms with van der Waals surface area (Å²) in [4.78, 5) is 4.41. The molecule has 0 radical (unpaired) electrons. The molecule has 3 aromatic heterocycles. The Morgan fingerprint density at radius 3 is 2.62 bits per heavy atom. The number of pyridine rings is 1. The van der Waals surface area contributed by atoms with Gasteiger partial charge in [0.05, 0.1) is 41.0 Å². The van der Waals surface area contributed by atoms with Crippen molar-refractivity contribution in [3.63, 3.8) is 0 Å². The SMILES string of the molecule is CCS(=O)(=O)N(Cc1ccc(-c2nnc(C)o2)cn1)c1cccc2cnn(C)c12. The van der Waals surface area contributed by atoms with Gasteiger partial charge in [-0.25, -0.2) is 8.42 Å². The minimum atomic E-state index is -3.55. The van der Waals surface area contributed by atoms with Crippen LogP contribution in [0.1, 0.15) is 18.5 Å². The van der Waals surface area contributed by atoms with E-state index in [0.717, 1.165) is 10.9 Å². The van der Waals surface area contributed by atoms with Gasteiger partial charge in [-0.05, 0) is 25.1 Å². The topological polar surface area (TPSA) is 107 Å². The van der Waals surface area contributed by atoms with E-state index in [4.69, 9.17) is 4.42 Å². The number of nitrogens with zero attached hydrogens (tertiary/aromatic N) is 6. The fraction of sp³-hybridized carbons (Fsp3) is 0.263. The first-order valence-electron chi connectivity index (χ1n) is 9.05. The predicted octanol–water partition coefficient (Wildman–Crippen LogP) is 2.68. The maximum Gasteiger partial charge on any atom is 0.249 e. The van der Waals surface area contributed by atoms with Crippen molar-refractivity contribution in [2.24, 2.45) is 7.05 Å². The summed E-state index contributed by atoms with van der Waals surface area (Å²) in [7, 11) is -1.75. The highest BCUT2D eigenvalue weighted by atomic mass is 32.2. The lowest BCUT2D eigenvalue weighted by Gasteiger charge is -2.24. The molecule has 0 saturated carbocycles. The lowest BCUT2D eigenvalue weighted by atomic mass is 10.2. The molecule has 0 aliphatic carbocycles. The summed E-state index contributed by atoms with van der Waals surface area (Å²) in [5, 5.41) is 12.9. The molecule has 0 aliphatic rings. The third-order valence-electron chi connectivity index (χ3n) is 4.61. The van der Waals surface area contributed by atoms with Crippen LogP contribution in [0.2, 0.25) is 0 Å². The largest absolute Gasteiger partial charge is 0.421 e. The van der Waals surface area contributed by atoms with Gasteiger partial charge in [0.15, 0.2) is 0 Å². The molecule has 0 bridgehead atoms. The van der Waals surface area contributed by atoms with Crippen molar-refractivity contribution in [3.8, 4) is 11.5 Å². The molecule has 4 rings (SSSR count). The molecule has 4 aromatic rings. The van der Waals surface area contributed by atoms with Gasteiger partial charge in [-0.15, -0.1) is 10.2 Å². The molecule has 10 heteroatoms. The second kappa shape index (κ2) is 7.28. The fourth-order valence-electron chi connectivity index (χ4n) is 3.11. The number of fused-ring (bicyclic) bond motifs is 1. The normalized spacial score (nSPS) is 11.8. The van der Waals surface area contributed by atoms with Gasteiger partial charge in [-0.2, -0.15) is 5.10 Å².